The van der Waals surface area contributed by atoms with Gasteiger partial charge in [0.15, 0.2) is 0 Å². The zero-order chi connectivity index (χ0) is 11.5. The predicted octanol–water partition coefficient (Wildman–Crippen LogP) is 2.25. The molecule has 3 nitrogen and oxygen atoms in total. The Kier molecular flexibility index (Phi) is 3.28. The standard InChI is InChI=1S/C13H18N2O/c1-10-4-2-6-12-11(10)5-3-9-15(12)13(16)7-8-14/h4,11-12H,2-3,5-7,9H2,1H3. The molecule has 2 unspecified atom stereocenters. The molecule has 0 aromatic heterocycles. The number of hydrogen-bond acceptors (Lipinski definition) is 2. The zero-order valence-corrected chi connectivity index (χ0v) is 9.78. The van der Waals surface area contributed by atoms with Gasteiger partial charge in [-0.3, -0.25) is 4.79 Å². The fourth-order valence-electron chi connectivity index (χ4n) is 3.06. The van der Waals surface area contributed by atoms with Gasteiger partial charge in [-0.25, -0.2) is 0 Å². The number of carbonyl (C=O) groups excluding carboxylic acids is 1. The summed E-state index contributed by atoms with van der Waals surface area (Å²) in [5.74, 6) is 0.567. The fourth-order valence-corrected chi connectivity index (χ4v) is 3.06. The summed E-state index contributed by atoms with van der Waals surface area (Å²) in [4.78, 5) is 13.8. The molecule has 1 fully saturated rings. The molecule has 1 saturated heterocycles. The van der Waals surface area contributed by atoms with E-state index in [0.717, 1.165) is 25.8 Å². The quantitative estimate of drug-likeness (QED) is 0.633. The maximum absolute atomic E-state index is 11.8. The van der Waals surface area contributed by atoms with Crippen molar-refractivity contribution in [1.29, 1.82) is 5.26 Å². The predicted molar refractivity (Wildman–Crippen MR) is 61.4 cm³/mol. The van der Waals surface area contributed by atoms with Gasteiger partial charge in [0.1, 0.15) is 6.42 Å². The van der Waals surface area contributed by atoms with E-state index in [-0.39, 0.29) is 12.3 Å². The van der Waals surface area contributed by atoms with Crippen LogP contribution >= 0.6 is 0 Å². The smallest absolute Gasteiger partial charge is 0.237 e. The van der Waals surface area contributed by atoms with Crippen LogP contribution in [0.1, 0.15) is 39.0 Å². The van der Waals surface area contributed by atoms with Crippen LogP contribution in [0.4, 0.5) is 0 Å². The molecule has 1 amide bonds. The van der Waals surface area contributed by atoms with Crippen molar-refractivity contribution >= 4 is 5.91 Å². The van der Waals surface area contributed by atoms with Crippen molar-refractivity contribution in [2.45, 2.75) is 45.1 Å². The molecular weight excluding hydrogens is 200 g/mol. The summed E-state index contributed by atoms with van der Waals surface area (Å²) in [5, 5.41) is 8.61. The number of nitriles is 1. The van der Waals surface area contributed by atoms with Crippen LogP contribution in [-0.2, 0) is 4.79 Å². The third-order valence-corrected chi connectivity index (χ3v) is 3.84. The molecule has 2 atom stereocenters. The summed E-state index contributed by atoms with van der Waals surface area (Å²) in [6.45, 7) is 3.02. The Morgan fingerprint density at radius 1 is 1.62 bits per heavy atom. The van der Waals surface area contributed by atoms with Crippen LogP contribution in [0.25, 0.3) is 0 Å². The van der Waals surface area contributed by atoms with E-state index in [1.165, 1.54) is 12.0 Å². The van der Waals surface area contributed by atoms with Gasteiger partial charge in [0, 0.05) is 18.5 Å². The number of piperidine rings is 1. The SMILES string of the molecule is CC1=CCCC2C1CCCN2C(=O)CC#N. The highest BCUT2D eigenvalue weighted by Crippen LogP contribution is 2.35. The van der Waals surface area contributed by atoms with Gasteiger partial charge in [-0.2, -0.15) is 5.26 Å². The third kappa shape index (κ3) is 1.97. The summed E-state index contributed by atoms with van der Waals surface area (Å²) in [6, 6.07) is 2.33. The highest BCUT2D eigenvalue weighted by Gasteiger charge is 2.35. The second-order valence-electron chi connectivity index (χ2n) is 4.76. The molecule has 0 bridgehead atoms. The Morgan fingerprint density at radius 2 is 2.44 bits per heavy atom. The summed E-state index contributed by atoms with van der Waals surface area (Å²) in [7, 11) is 0. The van der Waals surface area contributed by atoms with Gasteiger partial charge >= 0.3 is 0 Å². The van der Waals surface area contributed by atoms with Gasteiger partial charge in [0.25, 0.3) is 0 Å². The van der Waals surface area contributed by atoms with Crippen molar-refractivity contribution in [3.63, 3.8) is 0 Å². The van der Waals surface area contributed by atoms with Crippen LogP contribution in [0.3, 0.4) is 0 Å². The van der Waals surface area contributed by atoms with Crippen molar-refractivity contribution in [1.82, 2.24) is 4.90 Å². The Balaban J connectivity index is 2.13. The number of amides is 1. The first-order valence-corrected chi connectivity index (χ1v) is 6.07. The average Bonchev–Trinajstić information content (AvgIpc) is 2.29. The van der Waals surface area contributed by atoms with Crippen LogP contribution in [-0.4, -0.2) is 23.4 Å². The second kappa shape index (κ2) is 4.69. The molecular formula is C13H18N2O. The molecule has 3 heteroatoms. The number of likely N-dealkylation sites (tertiary alicyclic amines) is 1. The molecule has 0 saturated carbocycles. The molecule has 2 aliphatic rings. The zero-order valence-electron chi connectivity index (χ0n) is 9.78. The summed E-state index contributed by atoms with van der Waals surface area (Å²) < 4.78 is 0. The van der Waals surface area contributed by atoms with E-state index in [1.54, 1.807) is 0 Å². The number of hydrogen-bond donors (Lipinski definition) is 0. The van der Waals surface area contributed by atoms with Crippen molar-refractivity contribution in [3.8, 4) is 6.07 Å². The van der Waals surface area contributed by atoms with Crippen molar-refractivity contribution in [2.24, 2.45) is 5.92 Å². The summed E-state index contributed by atoms with van der Waals surface area (Å²) in [5.41, 5.74) is 1.44. The molecule has 0 N–H and O–H groups in total. The van der Waals surface area contributed by atoms with Crippen LogP contribution in [0.15, 0.2) is 11.6 Å². The Hall–Kier alpha value is -1.30. The van der Waals surface area contributed by atoms with Crippen molar-refractivity contribution in [3.05, 3.63) is 11.6 Å². The van der Waals surface area contributed by atoms with Gasteiger partial charge in [0.2, 0.25) is 5.91 Å². The minimum atomic E-state index is 0.0203. The fraction of sp³-hybridized carbons (Fsp3) is 0.692. The lowest BCUT2D eigenvalue weighted by Crippen LogP contribution is -2.49. The first kappa shape index (κ1) is 11.2. The molecule has 1 heterocycles. The maximum Gasteiger partial charge on any atom is 0.237 e. The number of allylic oxidation sites excluding steroid dienone is 1. The van der Waals surface area contributed by atoms with E-state index in [0.29, 0.717) is 12.0 Å². The highest BCUT2D eigenvalue weighted by molar-refractivity contribution is 5.78. The van der Waals surface area contributed by atoms with Gasteiger partial charge in [-0.05, 0) is 32.6 Å². The molecule has 2 rings (SSSR count). The van der Waals surface area contributed by atoms with E-state index in [9.17, 15) is 4.79 Å². The Bertz CT molecular complexity index is 353. The second-order valence-corrected chi connectivity index (χ2v) is 4.76. The minimum Gasteiger partial charge on any atom is -0.338 e. The average molecular weight is 218 g/mol. The Morgan fingerprint density at radius 3 is 3.19 bits per heavy atom. The van der Waals surface area contributed by atoms with Gasteiger partial charge in [-0.15, -0.1) is 0 Å². The van der Waals surface area contributed by atoms with Crippen LogP contribution in [0.2, 0.25) is 0 Å². The highest BCUT2D eigenvalue weighted by atomic mass is 16.2. The molecule has 16 heavy (non-hydrogen) atoms. The normalized spacial score (nSPS) is 29.0. The van der Waals surface area contributed by atoms with E-state index >= 15 is 0 Å². The molecule has 0 radical (unpaired) electrons. The van der Waals surface area contributed by atoms with Crippen LogP contribution in [0.5, 0.6) is 0 Å². The van der Waals surface area contributed by atoms with E-state index in [4.69, 9.17) is 5.26 Å². The van der Waals surface area contributed by atoms with Gasteiger partial charge in [0.05, 0.1) is 6.07 Å². The summed E-state index contributed by atoms with van der Waals surface area (Å²) in [6.07, 6.45) is 6.75. The van der Waals surface area contributed by atoms with E-state index in [2.05, 4.69) is 13.0 Å². The molecule has 86 valence electrons. The van der Waals surface area contributed by atoms with Gasteiger partial charge in [-0.1, -0.05) is 11.6 Å². The van der Waals surface area contributed by atoms with E-state index in [1.807, 2.05) is 11.0 Å². The van der Waals surface area contributed by atoms with E-state index < -0.39 is 0 Å². The topological polar surface area (TPSA) is 44.1 Å². The monoisotopic (exact) mass is 218 g/mol. The molecule has 0 aromatic carbocycles. The number of rotatable bonds is 1. The third-order valence-electron chi connectivity index (χ3n) is 3.84. The maximum atomic E-state index is 11.8. The lowest BCUT2D eigenvalue weighted by molar-refractivity contribution is -0.135. The van der Waals surface area contributed by atoms with Crippen molar-refractivity contribution < 1.29 is 4.79 Å². The van der Waals surface area contributed by atoms with Crippen molar-refractivity contribution in [2.75, 3.05) is 6.54 Å². The van der Waals surface area contributed by atoms with Crippen LogP contribution in [0, 0.1) is 17.2 Å². The Labute approximate surface area is 96.7 Å². The molecule has 0 spiro atoms. The molecule has 1 aliphatic heterocycles. The first-order chi connectivity index (χ1) is 7.74. The largest absolute Gasteiger partial charge is 0.338 e. The van der Waals surface area contributed by atoms with Crippen LogP contribution < -0.4 is 0 Å². The number of carbonyl (C=O) groups is 1. The van der Waals surface area contributed by atoms with Gasteiger partial charge < -0.3 is 4.90 Å². The first-order valence-electron chi connectivity index (χ1n) is 6.07. The minimum absolute atomic E-state index is 0.0203. The number of nitrogens with zero attached hydrogens (tertiary/aromatic N) is 2. The molecule has 1 aliphatic carbocycles. The number of fused-ring (bicyclic) bond motifs is 1. The lowest BCUT2D eigenvalue weighted by atomic mass is 9.78. The molecule has 0 aromatic rings. The summed E-state index contributed by atoms with van der Waals surface area (Å²) >= 11 is 0. The lowest BCUT2D eigenvalue weighted by Gasteiger charge is -2.43.